The number of ketones is 1. The zero-order valence-electron chi connectivity index (χ0n) is 13.0. The van der Waals surface area contributed by atoms with E-state index in [4.69, 9.17) is 9.15 Å². The first-order valence-electron chi connectivity index (χ1n) is 7.63. The first-order valence-corrected chi connectivity index (χ1v) is 7.63. The zero-order chi connectivity index (χ0) is 17.2. The molecule has 0 amide bonds. The Morgan fingerprint density at radius 3 is 2.20 bits per heavy atom. The number of fused-ring (bicyclic) bond motifs is 1. The highest BCUT2D eigenvalue weighted by Gasteiger charge is 2.11. The van der Waals surface area contributed by atoms with Crippen LogP contribution < -0.4 is 4.74 Å². The van der Waals surface area contributed by atoms with Crippen molar-refractivity contribution in [1.29, 1.82) is 0 Å². The van der Waals surface area contributed by atoms with Gasteiger partial charge in [0.1, 0.15) is 17.1 Å². The minimum atomic E-state index is -0.376. The van der Waals surface area contributed by atoms with Crippen LogP contribution in [0.15, 0.2) is 77.2 Å². The highest BCUT2D eigenvalue weighted by atomic mass is 19.1. The average Bonchev–Trinajstić information content (AvgIpc) is 3.05. The molecule has 4 rings (SSSR count). The number of halogens is 1. The number of benzene rings is 3. The molecule has 0 N–H and O–H groups in total. The molecule has 0 saturated carbocycles. The molecule has 0 radical (unpaired) electrons. The monoisotopic (exact) mass is 333 g/mol. The van der Waals surface area contributed by atoms with Gasteiger partial charge in [-0.05, 0) is 60.7 Å². The minimum Gasteiger partial charge on any atom is -0.411 e. The topological polar surface area (TPSA) is 52.3 Å². The summed E-state index contributed by atoms with van der Waals surface area (Å²) in [5.74, 6) is -0.0609. The number of carbonyl (C=O) groups is 1. The van der Waals surface area contributed by atoms with Gasteiger partial charge < -0.3 is 9.15 Å². The maximum atomic E-state index is 12.9. The summed E-state index contributed by atoms with van der Waals surface area (Å²) in [5.41, 5.74) is 2.26. The molecule has 0 fully saturated rings. The molecule has 0 unspecified atom stereocenters. The van der Waals surface area contributed by atoms with E-state index < -0.39 is 0 Å². The Kier molecular flexibility index (Phi) is 3.74. The molecule has 5 heteroatoms. The molecule has 0 aliphatic rings. The molecule has 1 heterocycles. The first-order chi connectivity index (χ1) is 12.2. The number of oxazole rings is 1. The molecule has 0 atom stereocenters. The van der Waals surface area contributed by atoms with E-state index in [1.807, 2.05) is 18.2 Å². The Labute approximate surface area is 142 Å². The number of hydrogen-bond donors (Lipinski definition) is 0. The fraction of sp³-hybridized carbons (Fsp3) is 0. The summed E-state index contributed by atoms with van der Waals surface area (Å²) in [5, 5.41) is 0. The van der Waals surface area contributed by atoms with Gasteiger partial charge >= 0.3 is 6.08 Å². The van der Waals surface area contributed by atoms with Crippen LogP contribution in [0.1, 0.15) is 15.9 Å². The van der Waals surface area contributed by atoms with Crippen molar-refractivity contribution in [3.05, 3.63) is 89.7 Å². The lowest BCUT2D eigenvalue weighted by molar-refractivity contribution is 0.103. The van der Waals surface area contributed by atoms with Gasteiger partial charge in [0.15, 0.2) is 11.4 Å². The Morgan fingerprint density at radius 2 is 1.52 bits per heavy atom. The summed E-state index contributed by atoms with van der Waals surface area (Å²) in [7, 11) is 0. The molecule has 1 aromatic heterocycles. The summed E-state index contributed by atoms with van der Waals surface area (Å²) in [6, 6.07) is 19.4. The molecule has 0 bridgehead atoms. The van der Waals surface area contributed by atoms with Crippen molar-refractivity contribution < 1.29 is 18.3 Å². The van der Waals surface area contributed by atoms with E-state index in [9.17, 15) is 9.18 Å². The van der Waals surface area contributed by atoms with Gasteiger partial charge in [0.25, 0.3) is 0 Å². The van der Waals surface area contributed by atoms with Gasteiger partial charge in [0, 0.05) is 11.1 Å². The Bertz CT molecular complexity index is 1000. The van der Waals surface area contributed by atoms with Gasteiger partial charge in [-0.15, -0.1) is 0 Å². The second-order valence-electron chi connectivity index (χ2n) is 5.41. The Hall–Kier alpha value is -3.47. The first kappa shape index (κ1) is 15.1. The molecule has 3 aromatic carbocycles. The SMILES string of the molecule is O=C(c1ccc(F)cc1)c1ccc(Oc2nc3ccccc3o2)cc1. The highest BCUT2D eigenvalue weighted by Crippen LogP contribution is 2.25. The number of nitrogens with zero attached hydrogens (tertiary/aromatic N) is 1. The third-order valence-corrected chi connectivity index (χ3v) is 3.70. The van der Waals surface area contributed by atoms with Crippen molar-refractivity contribution in [2.24, 2.45) is 0 Å². The lowest BCUT2D eigenvalue weighted by atomic mass is 10.0. The molecular formula is C20H12FNO3. The number of aromatic nitrogens is 1. The van der Waals surface area contributed by atoms with Crippen LogP contribution in [0.2, 0.25) is 0 Å². The third kappa shape index (κ3) is 3.12. The fourth-order valence-electron chi connectivity index (χ4n) is 2.44. The van der Waals surface area contributed by atoms with Crippen LogP contribution in [0.3, 0.4) is 0 Å². The summed E-state index contributed by atoms with van der Waals surface area (Å²) < 4.78 is 24.0. The van der Waals surface area contributed by atoms with Crippen LogP contribution in [0, 0.1) is 5.82 Å². The van der Waals surface area contributed by atoms with E-state index in [-0.39, 0.29) is 17.7 Å². The Balaban J connectivity index is 1.53. The quantitative estimate of drug-likeness (QED) is 0.494. The van der Waals surface area contributed by atoms with Crippen LogP contribution in [0.5, 0.6) is 11.8 Å². The number of ether oxygens (including phenoxy) is 1. The van der Waals surface area contributed by atoms with Crippen LogP contribution in [0.4, 0.5) is 4.39 Å². The standard InChI is InChI=1S/C20H12FNO3/c21-15-9-5-13(6-10-15)19(23)14-7-11-16(12-8-14)24-20-22-17-3-1-2-4-18(17)25-20/h1-12H. The van der Waals surface area contributed by atoms with Crippen LogP contribution >= 0.6 is 0 Å². The predicted octanol–water partition coefficient (Wildman–Crippen LogP) is 4.99. The van der Waals surface area contributed by atoms with Gasteiger partial charge in [-0.3, -0.25) is 4.79 Å². The second-order valence-corrected chi connectivity index (χ2v) is 5.41. The molecule has 0 saturated heterocycles. The summed E-state index contributed by atoms with van der Waals surface area (Å²) >= 11 is 0. The van der Waals surface area contributed by atoms with Crippen LogP contribution in [0.25, 0.3) is 11.1 Å². The lowest BCUT2D eigenvalue weighted by Crippen LogP contribution is -2.01. The van der Waals surface area contributed by atoms with E-state index in [2.05, 4.69) is 4.98 Å². The second kappa shape index (κ2) is 6.20. The molecule has 4 nitrogen and oxygen atoms in total. The molecule has 122 valence electrons. The van der Waals surface area contributed by atoms with Crippen molar-refractivity contribution in [1.82, 2.24) is 4.98 Å². The summed E-state index contributed by atoms with van der Waals surface area (Å²) in [4.78, 5) is 16.6. The molecule has 25 heavy (non-hydrogen) atoms. The number of para-hydroxylation sites is 2. The van der Waals surface area contributed by atoms with Crippen molar-refractivity contribution >= 4 is 16.9 Å². The Morgan fingerprint density at radius 1 is 0.880 bits per heavy atom. The van der Waals surface area contributed by atoms with Gasteiger partial charge in [-0.25, -0.2) is 4.39 Å². The van der Waals surface area contributed by atoms with E-state index in [1.165, 1.54) is 24.3 Å². The molecule has 4 aromatic rings. The molecular weight excluding hydrogens is 321 g/mol. The van der Waals surface area contributed by atoms with Gasteiger partial charge in [0.2, 0.25) is 0 Å². The number of rotatable bonds is 4. The van der Waals surface area contributed by atoms with Crippen molar-refractivity contribution in [3.63, 3.8) is 0 Å². The number of hydrogen-bond acceptors (Lipinski definition) is 4. The largest absolute Gasteiger partial charge is 0.411 e. The fourth-order valence-corrected chi connectivity index (χ4v) is 2.44. The lowest BCUT2D eigenvalue weighted by Gasteiger charge is -2.03. The zero-order valence-corrected chi connectivity index (χ0v) is 13.0. The van der Waals surface area contributed by atoms with Crippen molar-refractivity contribution in [3.8, 4) is 11.8 Å². The molecule has 0 aliphatic heterocycles. The van der Waals surface area contributed by atoms with E-state index >= 15 is 0 Å². The summed E-state index contributed by atoms with van der Waals surface area (Å²) in [6.45, 7) is 0. The van der Waals surface area contributed by atoms with E-state index in [0.29, 0.717) is 28.0 Å². The maximum absolute atomic E-state index is 12.9. The van der Waals surface area contributed by atoms with Gasteiger partial charge in [-0.1, -0.05) is 12.1 Å². The maximum Gasteiger partial charge on any atom is 0.400 e. The normalized spacial score (nSPS) is 10.8. The van der Waals surface area contributed by atoms with Crippen LogP contribution in [-0.4, -0.2) is 10.8 Å². The van der Waals surface area contributed by atoms with Crippen molar-refractivity contribution in [2.45, 2.75) is 0 Å². The van der Waals surface area contributed by atoms with Crippen molar-refractivity contribution in [2.75, 3.05) is 0 Å². The van der Waals surface area contributed by atoms with E-state index in [0.717, 1.165) is 0 Å². The van der Waals surface area contributed by atoms with Gasteiger partial charge in [0.05, 0.1) is 0 Å². The predicted molar refractivity (Wildman–Crippen MR) is 90.4 cm³/mol. The van der Waals surface area contributed by atoms with Crippen LogP contribution in [-0.2, 0) is 0 Å². The molecule has 0 aliphatic carbocycles. The third-order valence-electron chi connectivity index (χ3n) is 3.70. The van der Waals surface area contributed by atoms with E-state index in [1.54, 1.807) is 30.3 Å². The van der Waals surface area contributed by atoms with Gasteiger partial charge in [-0.2, -0.15) is 4.98 Å². The highest BCUT2D eigenvalue weighted by molar-refractivity contribution is 6.09. The molecule has 0 spiro atoms. The smallest absolute Gasteiger partial charge is 0.400 e. The number of carbonyl (C=O) groups excluding carboxylic acids is 1. The minimum absolute atomic E-state index is 0.138. The average molecular weight is 333 g/mol. The summed E-state index contributed by atoms with van der Waals surface area (Å²) in [6.07, 6.45) is 0.138.